The van der Waals surface area contributed by atoms with Crippen LogP contribution in [-0.4, -0.2) is 29.1 Å². The summed E-state index contributed by atoms with van der Waals surface area (Å²) in [7, 11) is 0. The lowest BCUT2D eigenvalue weighted by molar-refractivity contribution is -0.0239. The topological polar surface area (TPSA) is 35.5 Å². The van der Waals surface area contributed by atoms with E-state index in [9.17, 15) is 5.11 Å². The Bertz CT molecular complexity index is 945. The van der Waals surface area contributed by atoms with Crippen LogP contribution >= 0.6 is 24.8 Å². The molecule has 5 heteroatoms. The van der Waals surface area contributed by atoms with Gasteiger partial charge in [-0.25, -0.2) is 0 Å². The van der Waals surface area contributed by atoms with E-state index in [1.54, 1.807) is 23.3 Å². The van der Waals surface area contributed by atoms with Crippen molar-refractivity contribution in [1.29, 1.82) is 0 Å². The molecule has 1 saturated heterocycles. The van der Waals surface area contributed by atoms with Crippen LogP contribution in [0.25, 0.3) is 0 Å². The van der Waals surface area contributed by atoms with Gasteiger partial charge in [-0.2, -0.15) is 0 Å². The summed E-state index contributed by atoms with van der Waals surface area (Å²) in [4.78, 5) is 2.91. The number of rotatable bonds is 5. The molecule has 3 nitrogen and oxygen atoms in total. The van der Waals surface area contributed by atoms with E-state index in [1.807, 2.05) is 12.1 Å². The monoisotopic (exact) mass is 488 g/mol. The van der Waals surface area contributed by atoms with Crippen LogP contribution in [0.4, 0.5) is 5.69 Å². The molecule has 1 heterocycles. The van der Waals surface area contributed by atoms with Crippen LogP contribution in [0.15, 0.2) is 42.5 Å². The Morgan fingerprint density at radius 2 is 1.76 bits per heavy atom. The second-order valence-corrected chi connectivity index (χ2v) is 10.7. The average Bonchev–Trinajstić information content (AvgIpc) is 2.77. The molecule has 2 bridgehead atoms. The zero-order valence-corrected chi connectivity index (χ0v) is 21.1. The number of likely N-dealkylation sites (tertiary alicyclic amines) is 1. The number of phenolic OH excluding ortho intramolecular Hbond substituents is 1. The maximum absolute atomic E-state index is 9.53. The predicted octanol–water partition coefficient (Wildman–Crippen LogP) is 6.71. The summed E-state index contributed by atoms with van der Waals surface area (Å²) in [6, 6.07) is 15.5. The summed E-state index contributed by atoms with van der Waals surface area (Å²) in [6.45, 7) is 3.47. The molecule has 0 spiro atoms. The third-order valence-electron chi connectivity index (χ3n) is 9.10. The minimum Gasteiger partial charge on any atom is -0.508 e. The Morgan fingerprint density at radius 1 is 0.939 bits per heavy atom. The second-order valence-electron chi connectivity index (χ2n) is 10.7. The molecule has 1 aliphatic heterocycles. The lowest BCUT2D eigenvalue weighted by Gasteiger charge is -2.59. The highest BCUT2D eigenvalue weighted by Gasteiger charge is 2.53. The molecule has 33 heavy (non-hydrogen) atoms. The van der Waals surface area contributed by atoms with Gasteiger partial charge in [0.05, 0.1) is 0 Å². The molecule has 3 aliphatic carbocycles. The highest BCUT2D eigenvalue weighted by molar-refractivity contribution is 5.85. The van der Waals surface area contributed by atoms with E-state index < -0.39 is 0 Å². The normalized spacial score (nSPS) is 28.4. The number of nitrogens with one attached hydrogen (secondary N) is 1. The van der Waals surface area contributed by atoms with Gasteiger partial charge in [-0.15, -0.1) is 24.8 Å². The van der Waals surface area contributed by atoms with Crippen LogP contribution in [-0.2, 0) is 18.4 Å². The van der Waals surface area contributed by atoms with Crippen LogP contribution in [0.3, 0.4) is 0 Å². The first-order chi connectivity index (χ1) is 15.2. The van der Waals surface area contributed by atoms with Crippen LogP contribution in [0.2, 0.25) is 0 Å². The van der Waals surface area contributed by atoms with E-state index >= 15 is 0 Å². The molecular formula is C28H38Cl2N2O. The van der Waals surface area contributed by atoms with E-state index in [-0.39, 0.29) is 24.8 Å². The number of phenols is 1. The fourth-order valence-corrected chi connectivity index (χ4v) is 7.25. The summed E-state index contributed by atoms with van der Waals surface area (Å²) in [5.74, 6) is 2.16. The highest BCUT2D eigenvalue weighted by atomic mass is 35.5. The Morgan fingerprint density at radius 3 is 2.52 bits per heavy atom. The smallest absolute Gasteiger partial charge is 0.115 e. The second kappa shape index (κ2) is 10.1. The van der Waals surface area contributed by atoms with Gasteiger partial charge in [0.1, 0.15) is 5.75 Å². The zero-order valence-electron chi connectivity index (χ0n) is 19.5. The molecule has 0 aromatic heterocycles. The largest absolute Gasteiger partial charge is 0.508 e. The number of piperidine rings is 1. The van der Waals surface area contributed by atoms with Crippen molar-refractivity contribution in [3.8, 4) is 5.75 Å². The lowest BCUT2D eigenvalue weighted by atomic mass is 9.52. The fourth-order valence-electron chi connectivity index (χ4n) is 7.25. The number of hydrogen-bond donors (Lipinski definition) is 2. The third kappa shape index (κ3) is 4.49. The van der Waals surface area contributed by atoms with Crippen molar-refractivity contribution < 1.29 is 5.11 Å². The molecule has 180 valence electrons. The summed E-state index contributed by atoms with van der Waals surface area (Å²) in [5, 5.41) is 13.2. The van der Waals surface area contributed by atoms with Crippen molar-refractivity contribution in [2.75, 3.05) is 18.4 Å². The summed E-state index contributed by atoms with van der Waals surface area (Å²) < 4.78 is 0. The van der Waals surface area contributed by atoms with Gasteiger partial charge in [-0.05, 0) is 97.9 Å². The fraction of sp³-hybridized carbons (Fsp3) is 0.571. The van der Waals surface area contributed by atoms with E-state index in [2.05, 4.69) is 28.4 Å². The standard InChI is InChI=1S/C28H36N2O.2ClH/c31-24-11-7-20(8-12-24)18-29-23-10-9-22-16-27-25-6-1-2-13-28(25,26(22)17-23)14-15-30(27)19-21-4-3-5-21;;/h7-12,17,21,25,27,29,31H,1-6,13-16,18-19H2;2*1H/t25-,27+,28+;;/m0../s1. The van der Waals surface area contributed by atoms with Crippen LogP contribution in [0.1, 0.15) is 68.1 Å². The third-order valence-corrected chi connectivity index (χ3v) is 9.10. The Hall–Kier alpha value is -1.42. The minimum atomic E-state index is 0. The number of halogens is 2. The van der Waals surface area contributed by atoms with Crippen molar-refractivity contribution in [2.45, 2.75) is 75.8 Å². The maximum atomic E-state index is 9.53. The molecule has 2 aromatic carbocycles. The van der Waals surface area contributed by atoms with Gasteiger partial charge in [0.2, 0.25) is 0 Å². The van der Waals surface area contributed by atoms with Crippen molar-refractivity contribution in [3.63, 3.8) is 0 Å². The first-order valence-corrected chi connectivity index (χ1v) is 12.6. The number of hydrogen-bond acceptors (Lipinski definition) is 3. The van der Waals surface area contributed by atoms with Gasteiger partial charge >= 0.3 is 0 Å². The van der Waals surface area contributed by atoms with Crippen molar-refractivity contribution in [1.82, 2.24) is 4.90 Å². The Balaban J connectivity index is 0.00000130. The quantitative estimate of drug-likeness (QED) is 0.490. The first kappa shape index (κ1) is 24.7. The van der Waals surface area contributed by atoms with Crippen LogP contribution < -0.4 is 5.32 Å². The van der Waals surface area contributed by atoms with Gasteiger partial charge in [0.25, 0.3) is 0 Å². The lowest BCUT2D eigenvalue weighted by Crippen LogP contribution is -2.61. The number of fused-ring (bicyclic) bond motifs is 1. The van der Waals surface area contributed by atoms with Gasteiger partial charge in [-0.3, -0.25) is 4.90 Å². The predicted molar refractivity (Wildman–Crippen MR) is 141 cm³/mol. The maximum Gasteiger partial charge on any atom is 0.115 e. The van der Waals surface area contributed by atoms with Crippen molar-refractivity contribution >= 4 is 30.5 Å². The number of nitrogens with zero attached hydrogens (tertiary/aromatic N) is 1. The average molecular weight is 490 g/mol. The highest BCUT2D eigenvalue weighted by Crippen LogP contribution is 2.56. The zero-order chi connectivity index (χ0) is 20.8. The van der Waals surface area contributed by atoms with Gasteiger partial charge in [0, 0.05) is 30.2 Å². The van der Waals surface area contributed by atoms with Crippen molar-refractivity contribution in [2.24, 2.45) is 11.8 Å². The minimum absolute atomic E-state index is 0. The van der Waals surface area contributed by atoms with E-state index in [4.69, 9.17) is 0 Å². The first-order valence-electron chi connectivity index (χ1n) is 12.6. The summed E-state index contributed by atoms with van der Waals surface area (Å²) in [5.41, 5.74) is 6.17. The SMILES string of the molecule is Cl.Cl.Oc1ccc(CNc2ccc3c(c2)[C@@]24CCCC[C@H]2[C@@H](C3)N(CC2CCC2)CC4)cc1. The molecule has 3 atom stereocenters. The molecule has 6 rings (SSSR count). The van der Waals surface area contributed by atoms with Gasteiger partial charge < -0.3 is 10.4 Å². The van der Waals surface area contributed by atoms with Gasteiger partial charge in [0.15, 0.2) is 0 Å². The number of benzene rings is 2. The molecule has 0 radical (unpaired) electrons. The molecule has 4 aliphatic rings. The van der Waals surface area contributed by atoms with E-state index in [1.165, 1.54) is 82.1 Å². The van der Waals surface area contributed by atoms with Crippen LogP contribution in [0.5, 0.6) is 5.75 Å². The molecule has 2 saturated carbocycles. The van der Waals surface area contributed by atoms with Gasteiger partial charge in [-0.1, -0.05) is 37.5 Å². The summed E-state index contributed by atoms with van der Waals surface area (Å²) >= 11 is 0. The number of anilines is 1. The molecular weight excluding hydrogens is 451 g/mol. The molecule has 2 N–H and O–H groups in total. The van der Waals surface area contributed by atoms with E-state index in [0.717, 1.165) is 24.4 Å². The molecule has 0 unspecified atom stereocenters. The number of aromatic hydroxyl groups is 1. The van der Waals surface area contributed by atoms with Crippen LogP contribution in [0, 0.1) is 11.8 Å². The Labute approximate surface area is 211 Å². The van der Waals surface area contributed by atoms with Crippen molar-refractivity contribution in [3.05, 3.63) is 59.2 Å². The van der Waals surface area contributed by atoms with E-state index in [0.29, 0.717) is 11.2 Å². The molecule has 3 fully saturated rings. The Kier molecular flexibility index (Phi) is 7.53. The molecule has 2 aromatic rings. The molecule has 0 amide bonds. The summed E-state index contributed by atoms with van der Waals surface area (Å²) in [6.07, 6.45) is 12.6.